The standard InChI is InChI=1S/C10H14N4O5/c1-3-4-11-9(18)12-6(15)5-14-8(17)7(16)13(2)10(14)19/h3-5H2,1-2H3,(H2,11,12,15,18). The summed E-state index contributed by atoms with van der Waals surface area (Å²) < 4.78 is 0. The predicted octanol–water partition coefficient (Wildman–Crippen LogP) is -1.36. The molecule has 0 spiro atoms. The molecule has 1 saturated heterocycles. The van der Waals surface area contributed by atoms with Crippen LogP contribution in [0.15, 0.2) is 0 Å². The highest BCUT2D eigenvalue weighted by Crippen LogP contribution is 2.08. The number of nitrogens with one attached hydrogen (secondary N) is 2. The van der Waals surface area contributed by atoms with E-state index in [4.69, 9.17) is 0 Å². The van der Waals surface area contributed by atoms with E-state index in [-0.39, 0.29) is 0 Å². The maximum Gasteiger partial charge on any atom is 0.334 e. The van der Waals surface area contributed by atoms with Crippen LogP contribution >= 0.6 is 0 Å². The van der Waals surface area contributed by atoms with E-state index in [9.17, 15) is 24.0 Å². The molecule has 19 heavy (non-hydrogen) atoms. The molecule has 1 aliphatic rings. The van der Waals surface area contributed by atoms with Crippen molar-refractivity contribution in [1.82, 2.24) is 20.4 Å². The highest BCUT2D eigenvalue weighted by Gasteiger charge is 2.43. The second-order valence-electron chi connectivity index (χ2n) is 3.84. The van der Waals surface area contributed by atoms with Crippen molar-refractivity contribution in [3.05, 3.63) is 0 Å². The Balaban J connectivity index is 2.53. The highest BCUT2D eigenvalue weighted by atomic mass is 16.2. The second kappa shape index (κ2) is 5.94. The third kappa shape index (κ3) is 3.27. The molecule has 1 rings (SSSR count). The third-order valence-corrected chi connectivity index (χ3v) is 2.34. The summed E-state index contributed by atoms with van der Waals surface area (Å²) in [5, 5.41) is 4.34. The van der Waals surface area contributed by atoms with Gasteiger partial charge in [-0.25, -0.2) is 14.5 Å². The SMILES string of the molecule is CCCNC(=O)NC(=O)CN1C(=O)C(=O)N(C)C1=O. The summed E-state index contributed by atoms with van der Waals surface area (Å²) in [7, 11) is 1.13. The quantitative estimate of drug-likeness (QED) is 0.483. The van der Waals surface area contributed by atoms with Crippen LogP contribution in [-0.4, -0.2) is 59.7 Å². The van der Waals surface area contributed by atoms with Gasteiger partial charge in [-0.15, -0.1) is 0 Å². The Kier molecular flexibility index (Phi) is 4.56. The van der Waals surface area contributed by atoms with Crippen LogP contribution in [0.2, 0.25) is 0 Å². The lowest BCUT2D eigenvalue weighted by molar-refractivity contribution is -0.143. The van der Waals surface area contributed by atoms with Crippen LogP contribution in [0.1, 0.15) is 13.3 Å². The van der Waals surface area contributed by atoms with Crippen LogP contribution in [0.5, 0.6) is 0 Å². The minimum Gasteiger partial charge on any atom is -0.338 e. The molecule has 2 N–H and O–H groups in total. The summed E-state index contributed by atoms with van der Waals surface area (Å²) in [6.45, 7) is 1.56. The predicted molar refractivity (Wildman–Crippen MR) is 61.7 cm³/mol. The van der Waals surface area contributed by atoms with Crippen molar-refractivity contribution in [2.45, 2.75) is 13.3 Å². The number of likely N-dealkylation sites (N-methyl/N-ethyl adjacent to an activating group) is 1. The molecule has 0 radical (unpaired) electrons. The van der Waals surface area contributed by atoms with Gasteiger partial charge in [0.25, 0.3) is 0 Å². The Labute approximate surface area is 108 Å². The molecule has 104 valence electrons. The Hall–Kier alpha value is -2.45. The smallest absolute Gasteiger partial charge is 0.334 e. The van der Waals surface area contributed by atoms with E-state index in [0.717, 1.165) is 7.05 Å². The van der Waals surface area contributed by atoms with Gasteiger partial charge < -0.3 is 5.32 Å². The molecule has 1 fully saturated rings. The first-order chi connectivity index (χ1) is 8.88. The van der Waals surface area contributed by atoms with Crippen LogP contribution in [0, 0.1) is 0 Å². The highest BCUT2D eigenvalue weighted by molar-refractivity contribution is 6.44. The van der Waals surface area contributed by atoms with E-state index in [0.29, 0.717) is 22.8 Å². The molecule has 7 amide bonds. The fourth-order valence-electron chi connectivity index (χ4n) is 1.35. The first-order valence-electron chi connectivity index (χ1n) is 5.59. The molecule has 9 heteroatoms. The summed E-state index contributed by atoms with van der Waals surface area (Å²) in [5.41, 5.74) is 0. The molecule has 1 aliphatic heterocycles. The third-order valence-electron chi connectivity index (χ3n) is 2.34. The lowest BCUT2D eigenvalue weighted by Gasteiger charge is -2.12. The fraction of sp³-hybridized carbons (Fsp3) is 0.500. The number of hydrogen-bond acceptors (Lipinski definition) is 5. The van der Waals surface area contributed by atoms with Gasteiger partial charge in [0.2, 0.25) is 5.91 Å². The monoisotopic (exact) mass is 270 g/mol. The maximum atomic E-state index is 11.4. The summed E-state index contributed by atoms with van der Waals surface area (Å²) >= 11 is 0. The zero-order valence-corrected chi connectivity index (χ0v) is 10.6. The minimum absolute atomic E-state index is 0.391. The lowest BCUT2D eigenvalue weighted by atomic mass is 10.4. The summed E-state index contributed by atoms with van der Waals surface area (Å²) in [6.07, 6.45) is 0.698. The van der Waals surface area contributed by atoms with Crippen LogP contribution < -0.4 is 10.6 Å². The van der Waals surface area contributed by atoms with Gasteiger partial charge in [0.15, 0.2) is 0 Å². The first-order valence-corrected chi connectivity index (χ1v) is 5.59. The lowest BCUT2D eigenvalue weighted by Crippen LogP contribution is -2.46. The molecular formula is C10H14N4O5. The Bertz CT molecular complexity index is 447. The van der Waals surface area contributed by atoms with Crippen molar-refractivity contribution in [3.8, 4) is 0 Å². The van der Waals surface area contributed by atoms with Gasteiger partial charge in [-0.3, -0.25) is 24.6 Å². The molecule has 1 heterocycles. The van der Waals surface area contributed by atoms with Crippen LogP contribution in [0.25, 0.3) is 0 Å². The van der Waals surface area contributed by atoms with E-state index in [1.54, 1.807) is 0 Å². The average molecular weight is 270 g/mol. The number of urea groups is 2. The molecule has 0 aromatic carbocycles. The maximum absolute atomic E-state index is 11.4. The second-order valence-corrected chi connectivity index (χ2v) is 3.84. The van der Waals surface area contributed by atoms with Gasteiger partial charge in [-0.05, 0) is 6.42 Å². The van der Waals surface area contributed by atoms with Crippen molar-refractivity contribution in [2.75, 3.05) is 20.1 Å². The Morgan fingerprint density at radius 1 is 1.16 bits per heavy atom. The molecule has 9 nitrogen and oxygen atoms in total. The van der Waals surface area contributed by atoms with Crippen molar-refractivity contribution in [3.63, 3.8) is 0 Å². The van der Waals surface area contributed by atoms with Crippen LogP contribution in [0.4, 0.5) is 9.59 Å². The number of rotatable bonds is 4. The fourth-order valence-corrected chi connectivity index (χ4v) is 1.35. The average Bonchev–Trinajstić information content (AvgIpc) is 2.54. The number of carbonyl (C=O) groups excluding carboxylic acids is 5. The molecule has 0 bridgehead atoms. The van der Waals surface area contributed by atoms with Crippen LogP contribution in [0.3, 0.4) is 0 Å². The van der Waals surface area contributed by atoms with Crippen molar-refractivity contribution < 1.29 is 24.0 Å². The van der Waals surface area contributed by atoms with Gasteiger partial charge >= 0.3 is 23.9 Å². The number of carbonyl (C=O) groups is 5. The number of amides is 7. The molecule has 0 unspecified atom stereocenters. The van der Waals surface area contributed by atoms with Crippen LogP contribution in [-0.2, 0) is 14.4 Å². The zero-order chi connectivity index (χ0) is 14.6. The first kappa shape index (κ1) is 14.6. The molecule has 0 aliphatic carbocycles. The Morgan fingerprint density at radius 2 is 1.79 bits per heavy atom. The van der Waals surface area contributed by atoms with Crippen molar-refractivity contribution >= 4 is 29.8 Å². The minimum atomic E-state index is -1.09. The molecule has 0 aromatic rings. The van der Waals surface area contributed by atoms with Gasteiger partial charge in [0, 0.05) is 13.6 Å². The summed E-state index contributed by atoms with van der Waals surface area (Å²) in [4.78, 5) is 57.7. The number of nitrogens with zero attached hydrogens (tertiary/aromatic N) is 2. The number of imide groups is 3. The summed E-state index contributed by atoms with van der Waals surface area (Å²) in [6, 6.07) is -1.61. The van der Waals surface area contributed by atoms with Crippen molar-refractivity contribution in [1.29, 1.82) is 0 Å². The Morgan fingerprint density at radius 3 is 2.26 bits per heavy atom. The van der Waals surface area contributed by atoms with Gasteiger partial charge in [-0.1, -0.05) is 6.92 Å². The normalized spacial score (nSPS) is 14.9. The molecule has 0 atom stereocenters. The van der Waals surface area contributed by atoms with E-state index in [1.165, 1.54) is 0 Å². The van der Waals surface area contributed by atoms with Gasteiger partial charge in [0.05, 0.1) is 0 Å². The molecule has 0 saturated carbocycles. The zero-order valence-electron chi connectivity index (χ0n) is 10.6. The molecular weight excluding hydrogens is 256 g/mol. The molecule has 0 aromatic heterocycles. The van der Waals surface area contributed by atoms with E-state index in [2.05, 4.69) is 5.32 Å². The summed E-state index contributed by atoms with van der Waals surface area (Å²) in [5.74, 6) is -2.94. The van der Waals surface area contributed by atoms with E-state index >= 15 is 0 Å². The van der Waals surface area contributed by atoms with E-state index in [1.807, 2.05) is 12.2 Å². The van der Waals surface area contributed by atoms with Gasteiger partial charge in [0.1, 0.15) is 6.54 Å². The van der Waals surface area contributed by atoms with Crippen molar-refractivity contribution in [2.24, 2.45) is 0 Å². The largest absolute Gasteiger partial charge is 0.338 e. The van der Waals surface area contributed by atoms with Gasteiger partial charge in [-0.2, -0.15) is 0 Å². The number of hydrogen-bond donors (Lipinski definition) is 2. The topological polar surface area (TPSA) is 116 Å². The van der Waals surface area contributed by atoms with E-state index < -0.39 is 36.3 Å².